The molecule has 0 spiro atoms. The monoisotopic (exact) mass is 189 g/mol. The van der Waals surface area contributed by atoms with Crippen LogP contribution in [0.1, 0.15) is 20.8 Å². The van der Waals surface area contributed by atoms with Gasteiger partial charge in [-0.25, -0.2) is 10.3 Å². The minimum Gasteiger partial charge on any atom is -0.478 e. The first kappa shape index (κ1) is 14.6. The molecule has 0 saturated heterocycles. The number of hydroxylamine groups is 1. The van der Waals surface area contributed by atoms with Crippen LogP contribution in [0, 0.1) is 5.92 Å². The Morgan fingerprint density at radius 2 is 2.00 bits per heavy atom. The summed E-state index contributed by atoms with van der Waals surface area (Å²) in [6.07, 6.45) is 0. The Hall–Kier alpha value is -0.870. The van der Waals surface area contributed by atoms with Crippen LogP contribution in [-0.2, 0) is 9.63 Å². The van der Waals surface area contributed by atoms with Gasteiger partial charge in [0.15, 0.2) is 0 Å². The molecule has 0 aromatic heterocycles. The van der Waals surface area contributed by atoms with Gasteiger partial charge in [-0.05, 0) is 12.8 Å². The van der Waals surface area contributed by atoms with Crippen LogP contribution in [0.4, 0.5) is 0 Å². The van der Waals surface area contributed by atoms with Crippen LogP contribution in [0.25, 0.3) is 0 Å². The number of carboxylic acids is 1. The second-order valence-corrected chi connectivity index (χ2v) is 2.99. The average Bonchev–Trinajstić information content (AvgIpc) is 2.01. The summed E-state index contributed by atoms with van der Waals surface area (Å²) >= 11 is 0. The predicted octanol–water partition coefficient (Wildman–Crippen LogP) is 1.44. The van der Waals surface area contributed by atoms with Gasteiger partial charge in [0.2, 0.25) is 0 Å². The summed E-state index contributed by atoms with van der Waals surface area (Å²) in [4.78, 5) is 14.4. The van der Waals surface area contributed by atoms with E-state index in [0.717, 1.165) is 6.61 Å². The molecule has 0 amide bonds. The summed E-state index contributed by atoms with van der Waals surface area (Å²) in [5.41, 5.74) is 2.77. The Balaban J connectivity index is 0. The van der Waals surface area contributed by atoms with Crippen molar-refractivity contribution >= 4 is 5.97 Å². The molecule has 0 radical (unpaired) electrons. The Labute approximate surface area is 79.5 Å². The molecular formula is C9H19NO3. The van der Waals surface area contributed by atoms with Gasteiger partial charge in [0.05, 0.1) is 6.61 Å². The highest BCUT2D eigenvalue weighted by atomic mass is 16.6. The van der Waals surface area contributed by atoms with Crippen molar-refractivity contribution in [1.29, 1.82) is 0 Å². The Morgan fingerprint density at radius 1 is 1.62 bits per heavy atom. The van der Waals surface area contributed by atoms with E-state index in [4.69, 9.17) is 9.94 Å². The molecule has 0 saturated carbocycles. The quantitative estimate of drug-likeness (QED) is 0.519. The summed E-state index contributed by atoms with van der Waals surface area (Å²) in [5.74, 6) is -0.317. The van der Waals surface area contributed by atoms with E-state index in [1.54, 1.807) is 7.05 Å². The Morgan fingerprint density at radius 3 is 2.08 bits per heavy atom. The fraction of sp³-hybridized carbons (Fsp3) is 0.667. The number of rotatable bonds is 4. The van der Waals surface area contributed by atoms with E-state index in [1.165, 1.54) is 6.92 Å². The van der Waals surface area contributed by atoms with Crippen molar-refractivity contribution in [3.63, 3.8) is 0 Å². The molecule has 78 valence electrons. The molecule has 0 heterocycles. The summed E-state index contributed by atoms with van der Waals surface area (Å²) in [7, 11) is 1.77. The highest BCUT2D eigenvalue weighted by Crippen LogP contribution is 1.88. The molecule has 2 N–H and O–H groups in total. The maximum atomic E-state index is 9.60. The zero-order chi connectivity index (χ0) is 10.9. The van der Waals surface area contributed by atoms with Gasteiger partial charge in [0.25, 0.3) is 0 Å². The lowest BCUT2D eigenvalue weighted by Crippen LogP contribution is -2.11. The van der Waals surface area contributed by atoms with Gasteiger partial charge in [0.1, 0.15) is 0 Å². The minimum absolute atomic E-state index is 0.176. The van der Waals surface area contributed by atoms with Gasteiger partial charge in [-0.2, -0.15) is 0 Å². The van der Waals surface area contributed by atoms with E-state index in [2.05, 4.69) is 25.9 Å². The molecule has 4 heteroatoms. The normalized spacial score (nSPS) is 9.00. The third-order valence-electron chi connectivity index (χ3n) is 0.926. The molecule has 0 rings (SSSR count). The number of nitrogens with one attached hydrogen (secondary N) is 1. The number of hydrogen-bond acceptors (Lipinski definition) is 3. The molecule has 13 heavy (non-hydrogen) atoms. The second-order valence-electron chi connectivity index (χ2n) is 2.99. The lowest BCUT2D eigenvalue weighted by Gasteiger charge is -2.01. The molecule has 0 unspecified atom stereocenters. The van der Waals surface area contributed by atoms with Crippen molar-refractivity contribution in [1.82, 2.24) is 5.48 Å². The highest BCUT2D eigenvalue weighted by Gasteiger charge is 1.90. The van der Waals surface area contributed by atoms with E-state index >= 15 is 0 Å². The van der Waals surface area contributed by atoms with Gasteiger partial charge < -0.3 is 9.94 Å². The Bertz CT molecular complexity index is 143. The smallest absolute Gasteiger partial charge is 0.330 e. The summed E-state index contributed by atoms with van der Waals surface area (Å²) in [6.45, 7) is 9.61. The van der Waals surface area contributed by atoms with Gasteiger partial charge in [-0.15, -0.1) is 0 Å². The first-order valence-corrected chi connectivity index (χ1v) is 4.09. The first-order chi connectivity index (χ1) is 5.91. The zero-order valence-corrected chi connectivity index (χ0v) is 8.76. The number of carbonyl (C=O) groups is 1. The van der Waals surface area contributed by atoms with Crippen LogP contribution in [0.5, 0.6) is 0 Å². The topological polar surface area (TPSA) is 58.6 Å². The van der Waals surface area contributed by atoms with Crippen molar-refractivity contribution in [3.05, 3.63) is 12.2 Å². The fourth-order valence-corrected chi connectivity index (χ4v) is 0.250. The van der Waals surface area contributed by atoms with E-state index in [-0.39, 0.29) is 5.57 Å². The van der Waals surface area contributed by atoms with Crippen LogP contribution in [0.2, 0.25) is 0 Å². The molecule has 0 aliphatic heterocycles. The van der Waals surface area contributed by atoms with Crippen LogP contribution in [-0.4, -0.2) is 24.7 Å². The second kappa shape index (κ2) is 9.22. The molecule has 0 bridgehead atoms. The molecule has 0 aliphatic carbocycles. The standard InChI is InChI=1S/C5H13NO.C4H6O2/c1-5(2)4-7-6-3;1-3(2)4(5)6/h5-6H,4H2,1-3H3;1H2,2H3,(H,5,6). The summed E-state index contributed by atoms with van der Waals surface area (Å²) in [6, 6.07) is 0. The van der Waals surface area contributed by atoms with Crippen molar-refractivity contribution < 1.29 is 14.7 Å². The number of carboxylic acid groups (broad SMARTS) is 1. The summed E-state index contributed by atoms with van der Waals surface area (Å²) < 4.78 is 0. The molecule has 0 aromatic carbocycles. The summed E-state index contributed by atoms with van der Waals surface area (Å²) in [5, 5.41) is 7.89. The van der Waals surface area contributed by atoms with Crippen LogP contribution < -0.4 is 5.48 Å². The lowest BCUT2D eigenvalue weighted by molar-refractivity contribution is -0.132. The van der Waals surface area contributed by atoms with Crippen molar-refractivity contribution in [2.24, 2.45) is 5.92 Å². The molecule has 4 nitrogen and oxygen atoms in total. The molecule has 0 fully saturated rings. The van der Waals surface area contributed by atoms with E-state index in [0.29, 0.717) is 5.92 Å². The van der Waals surface area contributed by atoms with E-state index < -0.39 is 5.97 Å². The van der Waals surface area contributed by atoms with Gasteiger partial charge in [0, 0.05) is 12.6 Å². The van der Waals surface area contributed by atoms with Crippen LogP contribution >= 0.6 is 0 Å². The van der Waals surface area contributed by atoms with Crippen molar-refractivity contribution in [3.8, 4) is 0 Å². The third-order valence-corrected chi connectivity index (χ3v) is 0.926. The van der Waals surface area contributed by atoms with E-state index in [9.17, 15) is 4.79 Å². The van der Waals surface area contributed by atoms with Crippen LogP contribution in [0.3, 0.4) is 0 Å². The molecule has 0 atom stereocenters. The van der Waals surface area contributed by atoms with Gasteiger partial charge in [-0.3, -0.25) is 0 Å². The fourth-order valence-electron chi connectivity index (χ4n) is 0.250. The van der Waals surface area contributed by atoms with Gasteiger partial charge >= 0.3 is 5.97 Å². The average molecular weight is 189 g/mol. The highest BCUT2D eigenvalue weighted by molar-refractivity contribution is 5.84. The van der Waals surface area contributed by atoms with Crippen LogP contribution in [0.15, 0.2) is 12.2 Å². The zero-order valence-electron chi connectivity index (χ0n) is 8.76. The number of hydrogen-bond donors (Lipinski definition) is 2. The van der Waals surface area contributed by atoms with Crippen molar-refractivity contribution in [2.45, 2.75) is 20.8 Å². The SMILES string of the molecule is C=C(C)C(=O)O.CNOCC(C)C. The lowest BCUT2D eigenvalue weighted by atomic mass is 10.2. The van der Waals surface area contributed by atoms with Crippen molar-refractivity contribution in [2.75, 3.05) is 13.7 Å². The third kappa shape index (κ3) is 18.2. The predicted molar refractivity (Wildman–Crippen MR) is 52.3 cm³/mol. The molecule has 0 aliphatic rings. The minimum atomic E-state index is -0.935. The number of aliphatic carboxylic acids is 1. The largest absolute Gasteiger partial charge is 0.478 e. The molecule has 0 aromatic rings. The maximum Gasteiger partial charge on any atom is 0.330 e. The molecular weight excluding hydrogens is 170 g/mol. The first-order valence-electron chi connectivity index (χ1n) is 4.09. The van der Waals surface area contributed by atoms with E-state index in [1.807, 2.05) is 0 Å². The maximum absolute atomic E-state index is 9.60. The van der Waals surface area contributed by atoms with Gasteiger partial charge in [-0.1, -0.05) is 20.4 Å². The Kier molecular flexibility index (Phi) is 10.4.